The lowest BCUT2D eigenvalue weighted by Gasteiger charge is -2.20. The van der Waals surface area contributed by atoms with E-state index in [1.165, 1.54) is 7.11 Å². The predicted octanol–water partition coefficient (Wildman–Crippen LogP) is -1.13. The first kappa shape index (κ1) is 9.95. The second-order valence-corrected chi connectivity index (χ2v) is 2.19. The van der Waals surface area contributed by atoms with E-state index in [-0.39, 0.29) is 6.42 Å². The fourth-order valence-electron chi connectivity index (χ4n) is 0.578. The quantitative estimate of drug-likeness (QED) is 0.402. The number of hydrogen-bond acceptors (Lipinski definition) is 4. The molecule has 62 valence electrons. The van der Waals surface area contributed by atoms with Crippen LogP contribution in [0.4, 0.5) is 0 Å². The van der Waals surface area contributed by atoms with Crippen LogP contribution in [0.3, 0.4) is 0 Å². The van der Waals surface area contributed by atoms with Gasteiger partial charge in [-0.05, 0) is 0 Å². The molecule has 0 aromatic rings. The van der Waals surface area contributed by atoms with Gasteiger partial charge in [-0.2, -0.15) is 0 Å². The molecule has 11 heavy (non-hydrogen) atoms. The van der Waals surface area contributed by atoms with Crippen LogP contribution in [0.2, 0.25) is 0 Å². The molecule has 0 saturated heterocycles. The Morgan fingerprint density at radius 3 is 2.73 bits per heavy atom. The minimum absolute atomic E-state index is 0.0316. The van der Waals surface area contributed by atoms with E-state index in [4.69, 9.17) is 17.3 Å². The molecule has 0 rings (SSSR count). The highest BCUT2D eigenvalue weighted by Gasteiger charge is 2.33. The highest BCUT2D eigenvalue weighted by Crippen LogP contribution is 2.06. The third-order valence-electron chi connectivity index (χ3n) is 1.29. The summed E-state index contributed by atoms with van der Waals surface area (Å²) >= 11 is 0. The average molecular weight is 157 g/mol. The van der Waals surface area contributed by atoms with E-state index in [0.717, 1.165) is 0 Å². The lowest BCUT2D eigenvalue weighted by Crippen LogP contribution is -2.51. The van der Waals surface area contributed by atoms with Crippen LogP contribution in [0, 0.1) is 12.3 Å². The lowest BCUT2D eigenvalue weighted by molar-refractivity contribution is -0.148. The smallest absolute Gasteiger partial charge is 0.329 e. The maximum atomic E-state index is 10.9. The van der Waals surface area contributed by atoms with Crippen molar-refractivity contribution < 1.29 is 14.6 Å². The Morgan fingerprint density at radius 1 is 1.91 bits per heavy atom. The Bertz CT molecular complexity index is 185. The van der Waals surface area contributed by atoms with Crippen LogP contribution in [0.15, 0.2) is 0 Å². The molecule has 0 aromatic heterocycles. The number of esters is 1. The summed E-state index contributed by atoms with van der Waals surface area (Å²) in [4.78, 5) is 10.9. The largest absolute Gasteiger partial charge is 0.468 e. The van der Waals surface area contributed by atoms with E-state index in [9.17, 15) is 4.79 Å². The summed E-state index contributed by atoms with van der Waals surface area (Å²) in [6, 6.07) is 0. The predicted molar refractivity (Wildman–Crippen MR) is 39.5 cm³/mol. The van der Waals surface area contributed by atoms with Crippen LogP contribution in [-0.2, 0) is 9.53 Å². The van der Waals surface area contributed by atoms with Gasteiger partial charge >= 0.3 is 5.97 Å². The standard InChI is InChI=1S/C7H11NO3/c1-3-4-7(8,5-9)6(10)11-2/h1,9H,4-5,8H2,2H3/t7-/m1/s1. The molecular weight excluding hydrogens is 146 g/mol. The van der Waals surface area contributed by atoms with Crippen LogP contribution in [0.1, 0.15) is 6.42 Å². The van der Waals surface area contributed by atoms with Gasteiger partial charge < -0.3 is 15.6 Å². The number of aliphatic hydroxyl groups is 1. The molecular formula is C7H11NO3. The summed E-state index contributed by atoms with van der Waals surface area (Å²) in [6.07, 6.45) is 4.90. The number of hydrogen-bond donors (Lipinski definition) is 2. The first-order valence-corrected chi connectivity index (χ1v) is 3.02. The summed E-state index contributed by atoms with van der Waals surface area (Å²) < 4.78 is 4.34. The third kappa shape index (κ3) is 2.22. The number of ether oxygens (including phenoxy) is 1. The molecule has 0 bridgehead atoms. The van der Waals surface area contributed by atoms with Crippen molar-refractivity contribution in [3.05, 3.63) is 0 Å². The molecule has 0 aliphatic rings. The van der Waals surface area contributed by atoms with Crippen molar-refractivity contribution in [2.24, 2.45) is 5.73 Å². The van der Waals surface area contributed by atoms with E-state index in [1.807, 2.05) is 0 Å². The number of nitrogens with two attached hydrogens (primary N) is 1. The number of carbonyl (C=O) groups excluding carboxylic acids is 1. The molecule has 4 nitrogen and oxygen atoms in total. The lowest BCUT2D eigenvalue weighted by atomic mass is 9.99. The van der Waals surface area contributed by atoms with Crippen molar-refractivity contribution in [2.75, 3.05) is 13.7 Å². The molecule has 0 aliphatic carbocycles. The Balaban J connectivity index is 4.34. The summed E-state index contributed by atoms with van der Waals surface area (Å²) in [6.45, 7) is -0.510. The van der Waals surface area contributed by atoms with Gasteiger partial charge in [-0.25, -0.2) is 4.79 Å². The van der Waals surface area contributed by atoms with Gasteiger partial charge in [0, 0.05) is 6.42 Å². The second kappa shape index (κ2) is 3.96. The molecule has 0 amide bonds. The highest BCUT2D eigenvalue weighted by atomic mass is 16.5. The fourth-order valence-corrected chi connectivity index (χ4v) is 0.578. The maximum Gasteiger partial charge on any atom is 0.329 e. The normalized spacial score (nSPS) is 14.7. The van der Waals surface area contributed by atoms with E-state index in [2.05, 4.69) is 10.7 Å². The van der Waals surface area contributed by atoms with Crippen molar-refractivity contribution in [3.63, 3.8) is 0 Å². The van der Waals surface area contributed by atoms with Crippen molar-refractivity contribution in [1.29, 1.82) is 0 Å². The van der Waals surface area contributed by atoms with E-state index in [0.29, 0.717) is 0 Å². The van der Waals surface area contributed by atoms with Gasteiger partial charge in [0.25, 0.3) is 0 Å². The third-order valence-corrected chi connectivity index (χ3v) is 1.29. The SMILES string of the molecule is C#CC[C@@](N)(CO)C(=O)OC. The molecule has 0 fully saturated rings. The molecule has 0 aromatic carbocycles. The fraction of sp³-hybridized carbons (Fsp3) is 0.571. The second-order valence-electron chi connectivity index (χ2n) is 2.19. The number of carbonyl (C=O) groups is 1. The van der Waals surface area contributed by atoms with E-state index in [1.54, 1.807) is 0 Å². The number of aliphatic hydroxyl groups excluding tert-OH is 1. The minimum atomic E-state index is -1.44. The highest BCUT2D eigenvalue weighted by molar-refractivity contribution is 5.81. The zero-order chi connectivity index (χ0) is 8.91. The van der Waals surface area contributed by atoms with Crippen LogP contribution in [0.5, 0.6) is 0 Å². The molecule has 0 heterocycles. The Kier molecular flexibility index (Phi) is 3.58. The first-order valence-electron chi connectivity index (χ1n) is 3.02. The van der Waals surface area contributed by atoms with E-state index < -0.39 is 18.1 Å². The molecule has 3 N–H and O–H groups in total. The van der Waals surface area contributed by atoms with Crippen LogP contribution < -0.4 is 5.73 Å². The Labute approximate surface area is 65.3 Å². The molecule has 1 atom stereocenters. The number of methoxy groups -OCH3 is 1. The topological polar surface area (TPSA) is 72.5 Å². The molecule has 0 spiro atoms. The van der Waals surface area contributed by atoms with E-state index >= 15 is 0 Å². The zero-order valence-electron chi connectivity index (χ0n) is 6.33. The van der Waals surface area contributed by atoms with Crippen molar-refractivity contribution in [2.45, 2.75) is 12.0 Å². The number of terminal acetylenes is 1. The van der Waals surface area contributed by atoms with Crippen LogP contribution >= 0.6 is 0 Å². The molecule has 0 unspecified atom stereocenters. The minimum Gasteiger partial charge on any atom is -0.468 e. The maximum absolute atomic E-state index is 10.9. The van der Waals surface area contributed by atoms with Gasteiger partial charge in [-0.3, -0.25) is 0 Å². The van der Waals surface area contributed by atoms with Gasteiger partial charge in [0.05, 0.1) is 13.7 Å². The average Bonchev–Trinajstić information content (AvgIpc) is 2.03. The monoisotopic (exact) mass is 157 g/mol. The van der Waals surface area contributed by atoms with Crippen molar-refractivity contribution in [1.82, 2.24) is 0 Å². The zero-order valence-corrected chi connectivity index (χ0v) is 6.33. The number of rotatable bonds is 3. The van der Waals surface area contributed by atoms with Gasteiger partial charge in [-0.1, -0.05) is 0 Å². The van der Waals surface area contributed by atoms with Crippen molar-refractivity contribution >= 4 is 5.97 Å². The Hall–Kier alpha value is -1.05. The molecule has 0 saturated carbocycles. The summed E-state index contributed by atoms with van der Waals surface area (Å²) in [5.74, 6) is 1.49. The molecule has 0 aliphatic heterocycles. The van der Waals surface area contributed by atoms with Gasteiger partial charge in [0.1, 0.15) is 5.54 Å². The Morgan fingerprint density at radius 2 is 2.45 bits per heavy atom. The van der Waals surface area contributed by atoms with Gasteiger partial charge in [0.15, 0.2) is 0 Å². The van der Waals surface area contributed by atoms with Crippen LogP contribution in [-0.4, -0.2) is 30.3 Å². The molecule has 0 radical (unpaired) electrons. The van der Waals surface area contributed by atoms with Crippen LogP contribution in [0.25, 0.3) is 0 Å². The summed E-state index contributed by atoms with van der Waals surface area (Å²) in [7, 11) is 1.19. The first-order chi connectivity index (χ1) is 5.10. The molecule has 4 heteroatoms. The van der Waals surface area contributed by atoms with Gasteiger partial charge in [-0.15, -0.1) is 12.3 Å². The summed E-state index contributed by atoms with van der Waals surface area (Å²) in [5, 5.41) is 8.70. The van der Waals surface area contributed by atoms with Crippen molar-refractivity contribution in [3.8, 4) is 12.3 Å². The summed E-state index contributed by atoms with van der Waals surface area (Å²) in [5.41, 5.74) is 3.95. The van der Waals surface area contributed by atoms with Gasteiger partial charge in [0.2, 0.25) is 0 Å².